The first-order valence-corrected chi connectivity index (χ1v) is 8.24. The third-order valence-corrected chi connectivity index (χ3v) is 4.34. The van der Waals surface area contributed by atoms with Gasteiger partial charge in [-0.15, -0.1) is 0 Å². The van der Waals surface area contributed by atoms with E-state index in [0.717, 1.165) is 27.9 Å². The SMILES string of the molecule is COc1ccc2[nH]c(C)c(CC(=O)NCCc3ccccc3F)c2c1. The molecular formula is C20H21FN2O2. The number of carbonyl (C=O) groups excluding carboxylic acids is 1. The van der Waals surface area contributed by atoms with Gasteiger partial charge in [0.2, 0.25) is 5.91 Å². The highest BCUT2D eigenvalue weighted by molar-refractivity contribution is 5.91. The van der Waals surface area contributed by atoms with Gasteiger partial charge in [0.05, 0.1) is 13.5 Å². The van der Waals surface area contributed by atoms with Crippen LogP contribution < -0.4 is 10.1 Å². The van der Waals surface area contributed by atoms with Gasteiger partial charge in [-0.2, -0.15) is 0 Å². The van der Waals surface area contributed by atoms with Crippen LogP contribution in [0, 0.1) is 12.7 Å². The molecule has 4 nitrogen and oxygen atoms in total. The second-order valence-electron chi connectivity index (χ2n) is 6.01. The molecule has 3 rings (SSSR count). The first kappa shape index (κ1) is 17.0. The lowest BCUT2D eigenvalue weighted by molar-refractivity contribution is -0.120. The number of ether oxygens (including phenoxy) is 1. The summed E-state index contributed by atoms with van der Waals surface area (Å²) in [6, 6.07) is 12.4. The number of amides is 1. The minimum atomic E-state index is -0.240. The normalized spacial score (nSPS) is 10.8. The van der Waals surface area contributed by atoms with Crippen molar-refractivity contribution in [3.63, 3.8) is 0 Å². The number of aryl methyl sites for hydroxylation is 1. The summed E-state index contributed by atoms with van der Waals surface area (Å²) in [5, 5.41) is 3.85. The van der Waals surface area contributed by atoms with Crippen molar-refractivity contribution >= 4 is 16.8 Å². The molecule has 0 aliphatic heterocycles. The molecule has 0 spiro atoms. The van der Waals surface area contributed by atoms with Gasteiger partial charge in [-0.1, -0.05) is 18.2 Å². The lowest BCUT2D eigenvalue weighted by Crippen LogP contribution is -2.27. The zero-order valence-corrected chi connectivity index (χ0v) is 14.4. The van der Waals surface area contributed by atoms with Gasteiger partial charge in [-0.25, -0.2) is 4.39 Å². The van der Waals surface area contributed by atoms with Gasteiger partial charge in [-0.3, -0.25) is 4.79 Å². The Hall–Kier alpha value is -2.82. The average molecular weight is 340 g/mol. The van der Waals surface area contributed by atoms with Gasteiger partial charge in [-0.05, 0) is 48.7 Å². The van der Waals surface area contributed by atoms with E-state index in [0.29, 0.717) is 18.5 Å². The summed E-state index contributed by atoms with van der Waals surface area (Å²) in [6.45, 7) is 2.36. The number of fused-ring (bicyclic) bond motifs is 1. The van der Waals surface area contributed by atoms with Crippen LogP contribution in [-0.4, -0.2) is 24.5 Å². The van der Waals surface area contributed by atoms with E-state index in [9.17, 15) is 9.18 Å². The number of rotatable bonds is 6. The molecule has 0 atom stereocenters. The Bertz CT molecular complexity index is 902. The largest absolute Gasteiger partial charge is 0.497 e. The fraction of sp³-hybridized carbons (Fsp3) is 0.250. The van der Waals surface area contributed by atoms with Crippen LogP contribution in [0.25, 0.3) is 10.9 Å². The summed E-state index contributed by atoms with van der Waals surface area (Å²) in [7, 11) is 1.62. The summed E-state index contributed by atoms with van der Waals surface area (Å²) in [5.41, 5.74) is 3.51. The van der Waals surface area contributed by atoms with E-state index in [2.05, 4.69) is 10.3 Å². The van der Waals surface area contributed by atoms with Gasteiger partial charge in [0.1, 0.15) is 11.6 Å². The molecule has 1 heterocycles. The highest BCUT2D eigenvalue weighted by Crippen LogP contribution is 2.26. The zero-order chi connectivity index (χ0) is 17.8. The maximum atomic E-state index is 13.6. The van der Waals surface area contributed by atoms with Crippen LogP contribution >= 0.6 is 0 Å². The van der Waals surface area contributed by atoms with Crippen LogP contribution in [0.3, 0.4) is 0 Å². The zero-order valence-electron chi connectivity index (χ0n) is 14.4. The van der Waals surface area contributed by atoms with Crippen LogP contribution in [0.5, 0.6) is 5.75 Å². The summed E-state index contributed by atoms with van der Waals surface area (Å²) >= 11 is 0. The second-order valence-corrected chi connectivity index (χ2v) is 6.01. The second kappa shape index (κ2) is 7.38. The maximum absolute atomic E-state index is 13.6. The molecule has 0 aliphatic rings. The van der Waals surface area contributed by atoms with Gasteiger partial charge in [0.25, 0.3) is 0 Å². The van der Waals surface area contributed by atoms with Gasteiger partial charge < -0.3 is 15.0 Å². The quantitative estimate of drug-likeness (QED) is 0.721. The molecule has 0 bridgehead atoms. The van der Waals surface area contributed by atoms with Crippen molar-refractivity contribution in [3.05, 3.63) is 65.1 Å². The number of carbonyl (C=O) groups is 1. The molecule has 0 aliphatic carbocycles. The third kappa shape index (κ3) is 3.82. The summed E-state index contributed by atoms with van der Waals surface area (Å²) in [5.74, 6) is 0.437. The number of hydrogen-bond donors (Lipinski definition) is 2. The maximum Gasteiger partial charge on any atom is 0.224 e. The van der Waals surface area contributed by atoms with Crippen LogP contribution in [0.15, 0.2) is 42.5 Å². The number of H-pyrrole nitrogens is 1. The van der Waals surface area contributed by atoms with Crippen LogP contribution in [-0.2, 0) is 17.6 Å². The smallest absolute Gasteiger partial charge is 0.224 e. The first-order valence-electron chi connectivity index (χ1n) is 8.24. The Balaban J connectivity index is 1.66. The number of nitrogens with one attached hydrogen (secondary N) is 2. The Morgan fingerprint density at radius 3 is 2.80 bits per heavy atom. The standard InChI is InChI=1S/C20H21FN2O2/c1-13-16(17-11-15(25-2)7-8-19(17)23-13)12-20(24)22-10-9-14-5-3-4-6-18(14)21/h3-8,11,23H,9-10,12H2,1-2H3,(H,22,24). The Kier molecular flexibility index (Phi) is 5.03. The topological polar surface area (TPSA) is 54.1 Å². The molecule has 0 saturated carbocycles. The minimum absolute atomic E-state index is 0.0804. The molecular weight excluding hydrogens is 319 g/mol. The van der Waals surface area contributed by atoms with Crippen molar-refractivity contribution in [3.8, 4) is 5.75 Å². The fourth-order valence-corrected chi connectivity index (χ4v) is 2.98. The lowest BCUT2D eigenvalue weighted by atomic mass is 10.1. The molecule has 1 amide bonds. The van der Waals surface area contributed by atoms with Crippen molar-refractivity contribution < 1.29 is 13.9 Å². The summed E-state index contributed by atoms with van der Waals surface area (Å²) in [6.07, 6.45) is 0.745. The number of hydrogen-bond acceptors (Lipinski definition) is 2. The summed E-state index contributed by atoms with van der Waals surface area (Å²) in [4.78, 5) is 15.6. The molecule has 3 aromatic rings. The Morgan fingerprint density at radius 1 is 1.24 bits per heavy atom. The molecule has 0 radical (unpaired) electrons. The number of halogens is 1. The molecule has 25 heavy (non-hydrogen) atoms. The van der Waals surface area contributed by atoms with E-state index in [1.54, 1.807) is 25.3 Å². The minimum Gasteiger partial charge on any atom is -0.497 e. The lowest BCUT2D eigenvalue weighted by Gasteiger charge is -2.07. The molecule has 0 fully saturated rings. The van der Waals surface area contributed by atoms with Crippen LogP contribution in [0.4, 0.5) is 4.39 Å². The number of aromatic nitrogens is 1. The predicted octanol–water partition coefficient (Wildman–Crippen LogP) is 3.53. The van der Waals surface area contributed by atoms with Gasteiger partial charge in [0, 0.05) is 23.1 Å². The molecule has 130 valence electrons. The van der Waals surface area contributed by atoms with Crippen molar-refractivity contribution in [1.29, 1.82) is 0 Å². The molecule has 5 heteroatoms. The molecule has 0 unspecified atom stereocenters. The van der Waals surface area contributed by atoms with Gasteiger partial charge in [0.15, 0.2) is 0 Å². The number of methoxy groups -OCH3 is 1. The molecule has 0 saturated heterocycles. The van der Waals surface area contributed by atoms with E-state index in [-0.39, 0.29) is 18.1 Å². The molecule has 2 aromatic carbocycles. The Morgan fingerprint density at radius 2 is 2.04 bits per heavy atom. The summed E-state index contributed by atoms with van der Waals surface area (Å²) < 4.78 is 18.9. The van der Waals surface area contributed by atoms with E-state index in [4.69, 9.17) is 4.74 Å². The monoisotopic (exact) mass is 340 g/mol. The average Bonchev–Trinajstić information content (AvgIpc) is 2.91. The van der Waals surface area contributed by atoms with Crippen molar-refractivity contribution in [2.45, 2.75) is 19.8 Å². The highest BCUT2D eigenvalue weighted by atomic mass is 19.1. The molecule has 2 N–H and O–H groups in total. The molecule has 1 aromatic heterocycles. The van der Waals surface area contributed by atoms with Crippen LogP contribution in [0.2, 0.25) is 0 Å². The highest BCUT2D eigenvalue weighted by Gasteiger charge is 2.13. The van der Waals surface area contributed by atoms with E-state index in [1.165, 1.54) is 6.07 Å². The van der Waals surface area contributed by atoms with E-state index in [1.807, 2.05) is 25.1 Å². The predicted molar refractivity (Wildman–Crippen MR) is 96.4 cm³/mol. The fourth-order valence-electron chi connectivity index (χ4n) is 2.98. The van der Waals surface area contributed by atoms with Gasteiger partial charge >= 0.3 is 0 Å². The van der Waals surface area contributed by atoms with Crippen molar-refractivity contribution in [2.24, 2.45) is 0 Å². The first-order chi connectivity index (χ1) is 12.1. The van der Waals surface area contributed by atoms with Crippen molar-refractivity contribution in [2.75, 3.05) is 13.7 Å². The van der Waals surface area contributed by atoms with E-state index < -0.39 is 0 Å². The van der Waals surface area contributed by atoms with Crippen molar-refractivity contribution in [1.82, 2.24) is 10.3 Å². The van der Waals surface area contributed by atoms with E-state index >= 15 is 0 Å². The Labute approximate surface area is 146 Å². The number of aromatic amines is 1. The number of benzene rings is 2. The third-order valence-electron chi connectivity index (χ3n) is 4.34. The van der Waals surface area contributed by atoms with Crippen LogP contribution in [0.1, 0.15) is 16.8 Å².